The van der Waals surface area contributed by atoms with Gasteiger partial charge in [0, 0.05) is 18.8 Å². The summed E-state index contributed by atoms with van der Waals surface area (Å²) in [6.45, 7) is 7.33. The Bertz CT molecular complexity index is 487. The predicted octanol–water partition coefficient (Wildman–Crippen LogP) is 2.70. The lowest BCUT2D eigenvalue weighted by Gasteiger charge is -2.11. The van der Waals surface area contributed by atoms with E-state index in [1.807, 2.05) is 6.92 Å². The molecule has 4 nitrogen and oxygen atoms in total. The highest BCUT2D eigenvalue weighted by Gasteiger charge is 2.35. The Morgan fingerprint density at radius 3 is 3.06 bits per heavy atom. The minimum Gasteiger partial charge on any atom is -0.269 e. The zero-order valence-electron chi connectivity index (χ0n) is 9.97. The summed E-state index contributed by atoms with van der Waals surface area (Å²) in [6, 6.07) is -0.151. The average Bonchev–Trinajstić information content (AvgIpc) is 2.81. The van der Waals surface area contributed by atoms with Gasteiger partial charge in [0.2, 0.25) is 0 Å². The van der Waals surface area contributed by atoms with Crippen molar-refractivity contribution in [1.29, 1.82) is 0 Å². The summed E-state index contributed by atoms with van der Waals surface area (Å²) in [5.41, 5.74) is 0.856. The van der Waals surface area contributed by atoms with Crippen molar-refractivity contribution >= 4 is 6.21 Å². The van der Waals surface area contributed by atoms with Crippen LogP contribution in [0.1, 0.15) is 37.2 Å². The summed E-state index contributed by atoms with van der Waals surface area (Å²) in [7, 11) is 0. The molecule has 1 aromatic rings. The molecule has 5 heteroatoms. The number of nitrogens with zero attached hydrogens (tertiary/aromatic N) is 4. The molecule has 90 valence electrons. The van der Waals surface area contributed by atoms with Gasteiger partial charge in [-0.25, -0.2) is 14.1 Å². The van der Waals surface area contributed by atoms with Crippen LogP contribution < -0.4 is 0 Å². The highest BCUT2D eigenvalue weighted by atomic mass is 19.1. The van der Waals surface area contributed by atoms with Crippen LogP contribution in [0.5, 0.6) is 0 Å². The molecular weight excluding hydrogens is 219 g/mol. The second-order valence-corrected chi connectivity index (χ2v) is 3.92. The first-order valence-corrected chi connectivity index (χ1v) is 5.54. The summed E-state index contributed by atoms with van der Waals surface area (Å²) in [4.78, 5) is 8.15. The molecule has 0 saturated heterocycles. The molecule has 2 heterocycles. The fourth-order valence-electron chi connectivity index (χ4n) is 2.00. The molecule has 0 fully saturated rings. The number of aromatic nitrogens is 3. The fraction of sp³-hybridized carbons (Fsp3) is 0.417. The standard InChI is InChI=1S/C12H15FN4/c1-4-9(7-14-5-2)11-6-10(13)12-15-8(3)16-17(11)12/h4-5,7,10-11H,1,6H2,2-3H3/b9-7+,14-5-. The maximum absolute atomic E-state index is 13.8. The smallest absolute Gasteiger partial charge is 0.162 e. The van der Waals surface area contributed by atoms with Crippen LogP contribution in [-0.4, -0.2) is 21.0 Å². The van der Waals surface area contributed by atoms with E-state index in [2.05, 4.69) is 21.7 Å². The van der Waals surface area contributed by atoms with Gasteiger partial charge in [-0.2, -0.15) is 5.10 Å². The van der Waals surface area contributed by atoms with E-state index >= 15 is 0 Å². The van der Waals surface area contributed by atoms with E-state index in [9.17, 15) is 4.39 Å². The van der Waals surface area contributed by atoms with Crippen molar-refractivity contribution in [3.63, 3.8) is 0 Å². The minimum absolute atomic E-state index is 0.151. The lowest BCUT2D eigenvalue weighted by Crippen LogP contribution is -2.07. The van der Waals surface area contributed by atoms with Crippen molar-refractivity contribution in [2.24, 2.45) is 4.99 Å². The largest absolute Gasteiger partial charge is 0.269 e. The highest BCUT2D eigenvalue weighted by Crippen LogP contribution is 2.39. The molecular formula is C12H15FN4. The van der Waals surface area contributed by atoms with Crippen LogP contribution in [0.15, 0.2) is 29.4 Å². The minimum atomic E-state index is -1.06. The van der Waals surface area contributed by atoms with Gasteiger partial charge in [-0.1, -0.05) is 12.7 Å². The molecule has 1 aliphatic rings. The van der Waals surface area contributed by atoms with Gasteiger partial charge in [0.25, 0.3) is 0 Å². The number of allylic oxidation sites excluding steroid dienone is 2. The molecule has 0 N–H and O–H groups in total. The first kappa shape index (κ1) is 11.7. The first-order valence-electron chi connectivity index (χ1n) is 5.54. The number of alkyl halides is 1. The number of halogens is 1. The number of aryl methyl sites for hydroxylation is 1. The van der Waals surface area contributed by atoms with Gasteiger partial charge < -0.3 is 0 Å². The molecule has 2 rings (SSSR count). The number of rotatable bonds is 3. The third kappa shape index (κ3) is 2.05. The Labute approximate surface area is 99.6 Å². The maximum atomic E-state index is 13.8. The van der Waals surface area contributed by atoms with Gasteiger partial charge in [0.1, 0.15) is 5.82 Å². The van der Waals surface area contributed by atoms with Crippen molar-refractivity contribution < 1.29 is 4.39 Å². The van der Waals surface area contributed by atoms with E-state index < -0.39 is 6.17 Å². The Morgan fingerprint density at radius 1 is 1.65 bits per heavy atom. The van der Waals surface area contributed by atoms with Gasteiger partial charge in [0.05, 0.1) is 6.04 Å². The lowest BCUT2D eigenvalue weighted by molar-refractivity contribution is 0.328. The summed E-state index contributed by atoms with van der Waals surface area (Å²) < 4.78 is 15.4. The molecule has 2 unspecified atom stereocenters. The Balaban J connectivity index is 2.38. The van der Waals surface area contributed by atoms with E-state index in [1.54, 1.807) is 30.1 Å². The molecule has 0 saturated carbocycles. The van der Waals surface area contributed by atoms with Gasteiger partial charge in [-0.05, 0) is 19.4 Å². The third-order valence-corrected chi connectivity index (χ3v) is 2.76. The monoisotopic (exact) mass is 234 g/mol. The zero-order valence-corrected chi connectivity index (χ0v) is 9.97. The molecule has 0 radical (unpaired) electrons. The topological polar surface area (TPSA) is 43.1 Å². The van der Waals surface area contributed by atoms with Crippen LogP contribution in [0.4, 0.5) is 4.39 Å². The molecule has 2 atom stereocenters. The first-order chi connectivity index (χ1) is 8.17. The van der Waals surface area contributed by atoms with Crippen LogP contribution >= 0.6 is 0 Å². The van der Waals surface area contributed by atoms with Crippen LogP contribution in [0.2, 0.25) is 0 Å². The molecule has 0 aromatic carbocycles. The Morgan fingerprint density at radius 2 is 2.41 bits per heavy atom. The normalized spacial score (nSPS) is 24.3. The van der Waals surface area contributed by atoms with Gasteiger partial charge in [-0.15, -0.1) is 0 Å². The molecule has 0 bridgehead atoms. The third-order valence-electron chi connectivity index (χ3n) is 2.76. The van der Waals surface area contributed by atoms with Crippen molar-refractivity contribution in [1.82, 2.24) is 14.8 Å². The second kappa shape index (κ2) is 4.61. The molecule has 0 aliphatic carbocycles. The van der Waals surface area contributed by atoms with Crippen LogP contribution in [0.25, 0.3) is 0 Å². The predicted molar refractivity (Wildman–Crippen MR) is 64.7 cm³/mol. The number of aliphatic imine (C=N–C) groups is 1. The molecule has 0 amide bonds. The second-order valence-electron chi connectivity index (χ2n) is 3.92. The maximum Gasteiger partial charge on any atom is 0.162 e. The number of hydrogen-bond donors (Lipinski definition) is 0. The van der Waals surface area contributed by atoms with E-state index in [0.29, 0.717) is 18.1 Å². The van der Waals surface area contributed by atoms with Gasteiger partial charge in [0.15, 0.2) is 12.0 Å². The van der Waals surface area contributed by atoms with Crippen molar-refractivity contribution in [3.05, 3.63) is 36.1 Å². The summed E-state index contributed by atoms with van der Waals surface area (Å²) in [6.07, 6.45) is 4.36. The summed E-state index contributed by atoms with van der Waals surface area (Å²) in [5.74, 6) is 0.996. The van der Waals surface area contributed by atoms with Crippen molar-refractivity contribution in [2.75, 3.05) is 0 Å². The molecule has 1 aliphatic heterocycles. The zero-order chi connectivity index (χ0) is 12.4. The Kier molecular flexibility index (Phi) is 3.17. The lowest BCUT2D eigenvalue weighted by atomic mass is 10.1. The van der Waals surface area contributed by atoms with Crippen LogP contribution in [-0.2, 0) is 0 Å². The van der Waals surface area contributed by atoms with Gasteiger partial charge in [-0.3, -0.25) is 4.99 Å². The van der Waals surface area contributed by atoms with Crippen LogP contribution in [0.3, 0.4) is 0 Å². The average molecular weight is 234 g/mol. The number of hydrogen-bond acceptors (Lipinski definition) is 3. The van der Waals surface area contributed by atoms with Crippen molar-refractivity contribution in [3.8, 4) is 0 Å². The van der Waals surface area contributed by atoms with Gasteiger partial charge >= 0.3 is 0 Å². The van der Waals surface area contributed by atoms with Crippen molar-refractivity contribution in [2.45, 2.75) is 32.5 Å². The van der Waals surface area contributed by atoms with E-state index in [-0.39, 0.29) is 6.04 Å². The fourth-order valence-corrected chi connectivity index (χ4v) is 2.00. The summed E-state index contributed by atoms with van der Waals surface area (Å²) >= 11 is 0. The van der Waals surface area contributed by atoms with Crippen LogP contribution in [0, 0.1) is 6.92 Å². The van der Waals surface area contributed by atoms with E-state index in [4.69, 9.17) is 0 Å². The van der Waals surface area contributed by atoms with E-state index in [0.717, 1.165) is 5.57 Å². The molecule has 0 spiro atoms. The summed E-state index contributed by atoms with van der Waals surface area (Å²) in [5, 5.41) is 4.23. The number of fused-ring (bicyclic) bond motifs is 1. The quantitative estimate of drug-likeness (QED) is 0.596. The Hall–Kier alpha value is -1.78. The van der Waals surface area contributed by atoms with E-state index in [1.165, 1.54) is 0 Å². The molecule has 17 heavy (non-hydrogen) atoms. The molecule has 1 aromatic heterocycles. The SMILES string of the molecule is C=C/C(=C\N=C/C)C1CC(F)c2nc(C)nn21. The highest BCUT2D eigenvalue weighted by molar-refractivity contribution is 5.54.